The summed E-state index contributed by atoms with van der Waals surface area (Å²) in [5, 5.41) is 24.0. The van der Waals surface area contributed by atoms with E-state index >= 15 is 0 Å². The van der Waals surface area contributed by atoms with Gasteiger partial charge in [-0.2, -0.15) is 0 Å². The van der Waals surface area contributed by atoms with Gasteiger partial charge in [-0.1, -0.05) is 82.4 Å². The number of nitrogens with one attached hydrogen (secondary N) is 2. The Morgan fingerprint density at radius 3 is 1.74 bits per heavy atom. The van der Waals surface area contributed by atoms with E-state index in [1.807, 2.05) is 77.9 Å². The first-order valence-corrected chi connectivity index (χ1v) is 24.3. The first kappa shape index (κ1) is 49.9. The second kappa shape index (κ2) is 19.5. The van der Waals surface area contributed by atoms with Crippen molar-refractivity contribution in [3.05, 3.63) is 105 Å². The molecule has 4 aromatic carbocycles. The number of aromatic hydroxyl groups is 2. The lowest BCUT2D eigenvalue weighted by Gasteiger charge is -2.40. The lowest BCUT2D eigenvalue weighted by Crippen LogP contribution is -2.48. The molecule has 4 atom stereocenters. The van der Waals surface area contributed by atoms with Crippen LogP contribution in [0.2, 0.25) is 0 Å². The van der Waals surface area contributed by atoms with Crippen molar-refractivity contribution in [2.45, 2.75) is 122 Å². The molecule has 4 aromatic rings. The number of phenolic OH excluding ortho intramolecular Hbond substituents is 2. The Labute approximate surface area is 404 Å². The second-order valence-electron chi connectivity index (χ2n) is 19.7. The SMILES string of the molecule is CC1(COc2ccc(CC3SC(=O)NC3=O)cc2)CC(=O)c2cc(O)c(C(C)(C)C)cc2O1.Cc1c(C)c2c(c(C)c1O)C(=O)CC(COc1ccc(CC3SC(=O)NC3=O)cc1)(CC(C)C)O2. The van der Waals surface area contributed by atoms with Crippen molar-refractivity contribution in [3.8, 4) is 34.5 Å². The van der Waals surface area contributed by atoms with Gasteiger partial charge in [-0.15, -0.1) is 0 Å². The topological polar surface area (TPSA) is 204 Å². The zero-order valence-corrected chi connectivity index (χ0v) is 41.4. The number of fused-ring (bicyclic) bond motifs is 2. The highest BCUT2D eigenvalue weighted by molar-refractivity contribution is 8.15. The van der Waals surface area contributed by atoms with Gasteiger partial charge in [0.1, 0.15) is 53.3 Å². The van der Waals surface area contributed by atoms with Crippen LogP contribution in [0.25, 0.3) is 0 Å². The number of imide groups is 2. The number of benzene rings is 4. The van der Waals surface area contributed by atoms with Crippen LogP contribution in [-0.2, 0) is 27.8 Å². The maximum Gasteiger partial charge on any atom is 0.286 e. The van der Waals surface area contributed by atoms with Crippen molar-refractivity contribution in [1.82, 2.24) is 10.6 Å². The maximum atomic E-state index is 13.3. The average molecular weight is 967 g/mol. The van der Waals surface area contributed by atoms with E-state index in [1.165, 1.54) is 6.07 Å². The van der Waals surface area contributed by atoms with E-state index < -0.39 is 21.7 Å². The Morgan fingerprint density at radius 2 is 1.25 bits per heavy atom. The van der Waals surface area contributed by atoms with Crippen molar-refractivity contribution < 1.29 is 57.9 Å². The largest absolute Gasteiger partial charge is 0.508 e. The quantitative estimate of drug-likeness (QED) is 0.104. The molecule has 4 heterocycles. The van der Waals surface area contributed by atoms with Crippen molar-refractivity contribution >= 4 is 57.4 Å². The Balaban J connectivity index is 0.000000202. The third-order valence-corrected chi connectivity index (χ3v) is 14.4. The Kier molecular flexibility index (Phi) is 14.3. The molecular formula is C52H58N2O12S2. The van der Waals surface area contributed by atoms with Crippen LogP contribution in [0, 0.1) is 26.7 Å². The normalized spacial score (nSPS) is 22.1. The Morgan fingerprint density at radius 1 is 0.721 bits per heavy atom. The fourth-order valence-corrected chi connectivity index (χ4v) is 10.6. The van der Waals surface area contributed by atoms with Gasteiger partial charge in [0.25, 0.3) is 10.5 Å². The number of thioether (sulfide) groups is 2. The minimum Gasteiger partial charge on any atom is -0.508 e. The molecule has 4 aliphatic rings. The van der Waals surface area contributed by atoms with Gasteiger partial charge in [-0.05, 0) is 117 Å². The predicted octanol–water partition coefficient (Wildman–Crippen LogP) is 9.43. The van der Waals surface area contributed by atoms with Gasteiger partial charge in [0, 0.05) is 11.1 Å². The van der Waals surface area contributed by atoms with E-state index in [9.17, 15) is 39.0 Å². The number of carbonyl (C=O) groups is 6. The summed E-state index contributed by atoms with van der Waals surface area (Å²) in [7, 11) is 0. The van der Waals surface area contributed by atoms with E-state index in [0.717, 1.165) is 40.2 Å². The van der Waals surface area contributed by atoms with Crippen LogP contribution < -0.4 is 29.6 Å². The highest BCUT2D eigenvalue weighted by atomic mass is 32.2. The molecule has 4 N–H and O–H groups in total. The zero-order chi connectivity index (χ0) is 49.5. The molecule has 4 aliphatic heterocycles. The van der Waals surface area contributed by atoms with Crippen LogP contribution in [0.15, 0.2) is 60.7 Å². The summed E-state index contributed by atoms with van der Waals surface area (Å²) in [6.45, 7) is 17.8. The molecule has 0 saturated carbocycles. The monoisotopic (exact) mass is 966 g/mol. The van der Waals surface area contributed by atoms with E-state index in [0.29, 0.717) is 70.1 Å². The van der Waals surface area contributed by atoms with Crippen molar-refractivity contribution in [3.63, 3.8) is 0 Å². The molecule has 4 unspecified atom stereocenters. The van der Waals surface area contributed by atoms with Crippen LogP contribution in [0.5, 0.6) is 34.5 Å². The van der Waals surface area contributed by atoms with Crippen molar-refractivity contribution in [2.75, 3.05) is 13.2 Å². The highest BCUT2D eigenvalue weighted by Crippen LogP contribution is 2.46. The van der Waals surface area contributed by atoms with Crippen LogP contribution in [0.4, 0.5) is 9.59 Å². The maximum absolute atomic E-state index is 13.3. The van der Waals surface area contributed by atoms with E-state index in [1.54, 1.807) is 25.1 Å². The van der Waals surface area contributed by atoms with Gasteiger partial charge in [0.2, 0.25) is 11.8 Å². The molecule has 2 saturated heterocycles. The highest BCUT2D eigenvalue weighted by Gasteiger charge is 2.44. The number of hydrogen-bond donors (Lipinski definition) is 4. The predicted molar refractivity (Wildman–Crippen MR) is 260 cm³/mol. The summed E-state index contributed by atoms with van der Waals surface area (Å²) in [5.41, 5.74) is 3.45. The first-order chi connectivity index (χ1) is 31.9. The number of phenols is 2. The van der Waals surface area contributed by atoms with Crippen LogP contribution in [0.1, 0.15) is 115 Å². The molecule has 16 heteroatoms. The molecule has 8 rings (SSSR count). The summed E-state index contributed by atoms with van der Waals surface area (Å²) in [6.07, 6.45) is 1.85. The number of ketones is 2. The lowest BCUT2D eigenvalue weighted by atomic mass is 9.81. The molecule has 2 fully saturated rings. The minimum absolute atomic E-state index is 0.0522. The summed E-state index contributed by atoms with van der Waals surface area (Å²) >= 11 is 2.01. The fraction of sp³-hybridized carbons (Fsp3) is 0.423. The molecule has 0 aliphatic carbocycles. The van der Waals surface area contributed by atoms with Crippen molar-refractivity contribution in [1.29, 1.82) is 0 Å². The molecule has 0 bridgehead atoms. The second-order valence-corrected chi connectivity index (χ2v) is 22.1. The number of carbonyl (C=O) groups excluding carboxylic acids is 6. The van der Waals surface area contributed by atoms with E-state index in [4.69, 9.17) is 18.9 Å². The van der Waals surface area contributed by atoms with Crippen molar-refractivity contribution in [2.24, 2.45) is 5.92 Å². The molecule has 14 nitrogen and oxygen atoms in total. The fourth-order valence-electron chi connectivity index (χ4n) is 8.87. The Hall–Kier alpha value is -6.00. The molecular weight excluding hydrogens is 909 g/mol. The van der Waals surface area contributed by atoms with Crippen LogP contribution in [-0.4, -0.2) is 79.0 Å². The number of ether oxygens (including phenoxy) is 4. The number of rotatable bonds is 12. The van der Waals surface area contributed by atoms with Gasteiger partial charge in [0.05, 0.1) is 34.5 Å². The summed E-state index contributed by atoms with van der Waals surface area (Å²) < 4.78 is 24.8. The minimum atomic E-state index is -0.853. The summed E-state index contributed by atoms with van der Waals surface area (Å²) in [6, 6.07) is 18.0. The third kappa shape index (κ3) is 11.1. The molecule has 0 radical (unpaired) electrons. The first-order valence-electron chi connectivity index (χ1n) is 22.5. The molecule has 0 aromatic heterocycles. The average Bonchev–Trinajstić information content (AvgIpc) is 3.76. The van der Waals surface area contributed by atoms with E-state index in [2.05, 4.69) is 24.5 Å². The smallest absolute Gasteiger partial charge is 0.286 e. The van der Waals surface area contributed by atoms with Gasteiger partial charge in [-0.3, -0.25) is 39.4 Å². The standard InChI is InChI=1S/C27H31NO6S.C25H27NO6S/c1-14(2)11-27(12-20(29)22-17(5)23(30)15(3)16(4)24(22)34-27)13-33-19-8-6-18(7-9-19)10-21-25(31)28-26(32)35-21;1-24(2,3)17-11-20-16(10-18(17)27)19(28)12-25(4,32-20)13-31-15-7-5-14(6-8-15)9-21-22(29)26-23(30)33-21/h6-9,14,21,30H,10-13H2,1-5H3,(H,28,31,32);5-8,10-11,21,27H,9,12-13H2,1-4H3,(H,26,29,30). The van der Waals surface area contributed by atoms with Gasteiger partial charge < -0.3 is 29.2 Å². The third-order valence-electron chi connectivity index (χ3n) is 12.4. The lowest BCUT2D eigenvalue weighted by molar-refractivity contribution is -0.119. The van der Waals surface area contributed by atoms with Crippen LogP contribution >= 0.6 is 23.5 Å². The molecule has 4 amide bonds. The summed E-state index contributed by atoms with van der Waals surface area (Å²) in [4.78, 5) is 72.3. The van der Waals surface area contributed by atoms with Gasteiger partial charge in [0.15, 0.2) is 17.2 Å². The molecule has 360 valence electrons. The van der Waals surface area contributed by atoms with Crippen LogP contribution in [0.3, 0.4) is 0 Å². The van der Waals surface area contributed by atoms with Gasteiger partial charge >= 0.3 is 0 Å². The molecule has 0 spiro atoms. The number of Topliss-reactive ketones (excluding diaryl/α,β-unsaturated/α-hetero) is 2. The Bertz CT molecular complexity index is 2680. The zero-order valence-electron chi connectivity index (χ0n) is 39.7. The number of amides is 4. The number of hydrogen-bond acceptors (Lipinski definition) is 14. The van der Waals surface area contributed by atoms with Gasteiger partial charge in [-0.25, -0.2) is 0 Å². The van der Waals surface area contributed by atoms with E-state index in [-0.39, 0.29) is 82.7 Å². The molecule has 68 heavy (non-hydrogen) atoms. The summed E-state index contributed by atoms with van der Waals surface area (Å²) in [5.74, 6) is 2.07.